The number of likely N-dealkylation sites (N-methyl/N-ethyl adjacent to an activating group) is 1. The molecule has 1 aliphatic heterocycles. The third-order valence-electron chi connectivity index (χ3n) is 3.22. The summed E-state index contributed by atoms with van der Waals surface area (Å²) < 4.78 is 36.5. The van der Waals surface area contributed by atoms with Crippen LogP contribution in [0.15, 0.2) is 0 Å². The van der Waals surface area contributed by atoms with Gasteiger partial charge in [-0.25, -0.2) is 5.84 Å². The van der Waals surface area contributed by atoms with Crippen LogP contribution in [0.25, 0.3) is 0 Å². The van der Waals surface area contributed by atoms with Gasteiger partial charge in [0.2, 0.25) is 11.8 Å². The van der Waals surface area contributed by atoms with E-state index in [1.165, 1.54) is 11.9 Å². The number of likely N-dealkylation sites (tertiary alicyclic amines) is 1. The quantitative estimate of drug-likeness (QED) is 0.424. The van der Waals surface area contributed by atoms with E-state index in [1.807, 2.05) is 0 Å². The van der Waals surface area contributed by atoms with E-state index in [2.05, 4.69) is 5.43 Å². The number of nitrogens with two attached hydrogens (primary N) is 1. The number of carbonyl (C=O) groups excluding carboxylic acids is 2. The van der Waals surface area contributed by atoms with Crippen LogP contribution in [0.3, 0.4) is 0 Å². The van der Waals surface area contributed by atoms with Crippen molar-refractivity contribution in [1.82, 2.24) is 15.2 Å². The predicted molar refractivity (Wildman–Crippen MR) is 65.2 cm³/mol. The molecule has 0 aliphatic carbocycles. The van der Waals surface area contributed by atoms with E-state index in [1.54, 1.807) is 0 Å². The number of piperidine rings is 1. The number of carbonyl (C=O) groups is 2. The van der Waals surface area contributed by atoms with Crippen molar-refractivity contribution in [2.24, 2.45) is 11.8 Å². The molecule has 0 aromatic rings. The second-order valence-electron chi connectivity index (χ2n) is 4.95. The maximum atomic E-state index is 12.2. The van der Waals surface area contributed by atoms with Gasteiger partial charge in [-0.2, -0.15) is 13.2 Å². The summed E-state index contributed by atoms with van der Waals surface area (Å²) in [4.78, 5) is 25.5. The minimum absolute atomic E-state index is 0.239. The number of nitrogens with one attached hydrogen (secondary N) is 1. The van der Waals surface area contributed by atoms with Crippen molar-refractivity contribution in [1.29, 1.82) is 0 Å². The normalized spacial score (nSPS) is 17.4. The first-order chi connectivity index (χ1) is 9.23. The first-order valence-electron chi connectivity index (χ1n) is 6.26. The van der Waals surface area contributed by atoms with Crippen molar-refractivity contribution in [2.75, 3.05) is 33.2 Å². The van der Waals surface area contributed by atoms with Crippen LogP contribution in [0.2, 0.25) is 0 Å². The highest BCUT2D eigenvalue weighted by Gasteiger charge is 2.31. The summed E-state index contributed by atoms with van der Waals surface area (Å²) in [7, 11) is 1.25. The fourth-order valence-corrected chi connectivity index (χ4v) is 2.20. The van der Waals surface area contributed by atoms with Crippen molar-refractivity contribution in [2.45, 2.75) is 19.0 Å². The van der Waals surface area contributed by atoms with Gasteiger partial charge in [0.15, 0.2) is 0 Å². The van der Waals surface area contributed by atoms with E-state index in [-0.39, 0.29) is 24.3 Å². The number of hydrogen-bond donors (Lipinski definition) is 2. The van der Waals surface area contributed by atoms with Crippen LogP contribution in [-0.2, 0) is 9.59 Å². The van der Waals surface area contributed by atoms with Gasteiger partial charge in [-0.05, 0) is 19.9 Å². The predicted octanol–water partition coefficient (Wildman–Crippen LogP) is -0.291. The molecule has 3 N–H and O–H groups in total. The van der Waals surface area contributed by atoms with Crippen LogP contribution in [0.1, 0.15) is 12.8 Å². The lowest BCUT2D eigenvalue weighted by Crippen LogP contribution is -2.47. The van der Waals surface area contributed by atoms with Gasteiger partial charge in [0, 0.05) is 19.0 Å². The number of hydrogen-bond acceptors (Lipinski definition) is 4. The second-order valence-corrected chi connectivity index (χ2v) is 4.95. The van der Waals surface area contributed by atoms with Crippen molar-refractivity contribution < 1.29 is 22.8 Å². The number of rotatable bonds is 4. The lowest BCUT2D eigenvalue weighted by atomic mass is 9.96. The minimum atomic E-state index is -4.32. The molecule has 2 amide bonds. The third kappa shape index (κ3) is 5.33. The monoisotopic (exact) mass is 296 g/mol. The molecule has 9 heteroatoms. The molecule has 1 rings (SSSR count). The molecule has 0 bridgehead atoms. The van der Waals surface area contributed by atoms with E-state index in [0.717, 1.165) is 4.90 Å². The van der Waals surface area contributed by atoms with Crippen molar-refractivity contribution in [3.05, 3.63) is 0 Å². The van der Waals surface area contributed by atoms with Gasteiger partial charge in [-0.15, -0.1) is 0 Å². The van der Waals surface area contributed by atoms with Crippen LogP contribution in [0.4, 0.5) is 13.2 Å². The third-order valence-corrected chi connectivity index (χ3v) is 3.22. The zero-order valence-corrected chi connectivity index (χ0v) is 11.2. The van der Waals surface area contributed by atoms with E-state index >= 15 is 0 Å². The lowest BCUT2D eigenvalue weighted by molar-refractivity contribution is -0.150. The number of amides is 2. The molecule has 0 atom stereocenters. The molecule has 0 unspecified atom stereocenters. The number of alkyl halides is 3. The summed E-state index contributed by atoms with van der Waals surface area (Å²) in [5, 5.41) is 0. The minimum Gasteiger partial charge on any atom is -0.342 e. The van der Waals surface area contributed by atoms with Crippen LogP contribution in [0.5, 0.6) is 0 Å². The van der Waals surface area contributed by atoms with Crippen LogP contribution < -0.4 is 11.3 Å². The summed E-state index contributed by atoms with van der Waals surface area (Å²) in [6, 6.07) is 0. The fraction of sp³-hybridized carbons (Fsp3) is 0.818. The van der Waals surface area contributed by atoms with Gasteiger partial charge in [-0.3, -0.25) is 19.9 Å². The fourth-order valence-electron chi connectivity index (χ4n) is 2.20. The highest BCUT2D eigenvalue weighted by Crippen LogP contribution is 2.18. The largest absolute Gasteiger partial charge is 0.401 e. The van der Waals surface area contributed by atoms with Crippen molar-refractivity contribution in [3.63, 3.8) is 0 Å². The summed E-state index contributed by atoms with van der Waals surface area (Å²) >= 11 is 0. The van der Waals surface area contributed by atoms with Crippen molar-refractivity contribution in [3.8, 4) is 0 Å². The highest BCUT2D eigenvalue weighted by atomic mass is 19.4. The van der Waals surface area contributed by atoms with Gasteiger partial charge >= 0.3 is 6.18 Å². The molecule has 116 valence electrons. The van der Waals surface area contributed by atoms with Gasteiger partial charge < -0.3 is 4.90 Å². The summed E-state index contributed by atoms with van der Waals surface area (Å²) in [6.45, 7) is -0.689. The maximum absolute atomic E-state index is 12.2. The number of nitrogens with zero attached hydrogens (tertiary/aromatic N) is 2. The van der Waals surface area contributed by atoms with E-state index in [9.17, 15) is 22.8 Å². The Hall–Kier alpha value is -1.35. The molecular formula is C11H19F3N4O2. The Balaban J connectivity index is 2.38. The molecule has 0 spiro atoms. The first kappa shape index (κ1) is 16.7. The molecule has 1 fully saturated rings. The topological polar surface area (TPSA) is 78.7 Å². The highest BCUT2D eigenvalue weighted by molar-refractivity contribution is 5.80. The Morgan fingerprint density at radius 3 is 2.35 bits per heavy atom. The summed E-state index contributed by atoms with van der Waals surface area (Å²) in [6.07, 6.45) is -3.38. The molecule has 0 saturated carbocycles. The first-order valence-corrected chi connectivity index (χ1v) is 6.26. The molecule has 0 aromatic heterocycles. The average molecular weight is 296 g/mol. The Labute approximate surface area is 115 Å². The summed E-state index contributed by atoms with van der Waals surface area (Å²) in [5.74, 6) is 4.16. The van der Waals surface area contributed by atoms with Crippen molar-refractivity contribution >= 4 is 11.8 Å². The molecule has 20 heavy (non-hydrogen) atoms. The van der Waals surface area contributed by atoms with Gasteiger partial charge in [0.25, 0.3) is 0 Å². The molecule has 1 heterocycles. The van der Waals surface area contributed by atoms with Gasteiger partial charge in [-0.1, -0.05) is 0 Å². The molecular weight excluding hydrogens is 277 g/mol. The second kappa shape index (κ2) is 6.89. The molecule has 0 aromatic carbocycles. The van der Waals surface area contributed by atoms with Crippen LogP contribution in [-0.4, -0.2) is 61.0 Å². The molecule has 1 aliphatic rings. The van der Waals surface area contributed by atoms with E-state index in [0.29, 0.717) is 25.9 Å². The van der Waals surface area contributed by atoms with E-state index < -0.39 is 12.7 Å². The standard InChI is InChI=1S/C11H19F3N4O2/c1-17(7-11(12,13)14)6-9(19)18-4-2-8(3-5-18)10(20)16-15/h8H,2-7,15H2,1H3,(H,16,20). The molecule has 0 radical (unpaired) electrons. The number of hydrazine groups is 1. The van der Waals surface area contributed by atoms with E-state index in [4.69, 9.17) is 5.84 Å². The average Bonchev–Trinajstić information content (AvgIpc) is 2.35. The summed E-state index contributed by atoms with van der Waals surface area (Å²) in [5.41, 5.74) is 2.06. The van der Waals surface area contributed by atoms with Gasteiger partial charge in [0.05, 0.1) is 13.1 Å². The maximum Gasteiger partial charge on any atom is 0.401 e. The zero-order valence-electron chi connectivity index (χ0n) is 11.2. The van der Waals surface area contributed by atoms with Crippen LogP contribution in [0, 0.1) is 5.92 Å². The van der Waals surface area contributed by atoms with Gasteiger partial charge in [0.1, 0.15) is 0 Å². The Morgan fingerprint density at radius 2 is 1.90 bits per heavy atom. The number of halogens is 3. The zero-order chi connectivity index (χ0) is 15.3. The van der Waals surface area contributed by atoms with Crippen LogP contribution >= 0.6 is 0 Å². The molecule has 6 nitrogen and oxygen atoms in total. The Morgan fingerprint density at radius 1 is 1.35 bits per heavy atom. The SMILES string of the molecule is CN(CC(=O)N1CCC(C(=O)NN)CC1)CC(F)(F)F. The Bertz CT molecular complexity index is 354. The molecule has 1 saturated heterocycles. The smallest absolute Gasteiger partial charge is 0.342 e. The Kier molecular flexibility index (Phi) is 5.75. The lowest BCUT2D eigenvalue weighted by Gasteiger charge is -2.32.